The van der Waals surface area contributed by atoms with Gasteiger partial charge in [-0.25, -0.2) is 9.18 Å². The summed E-state index contributed by atoms with van der Waals surface area (Å²) in [5.74, 6) is -0.414. The molecule has 3 aromatic carbocycles. The maximum atomic E-state index is 13.5. The van der Waals surface area contributed by atoms with Gasteiger partial charge in [-0.3, -0.25) is 19.8 Å². The number of benzene rings is 3. The molecule has 0 radical (unpaired) electrons. The van der Waals surface area contributed by atoms with Crippen molar-refractivity contribution in [1.82, 2.24) is 10.2 Å². The molecule has 3 aromatic rings. The Morgan fingerprint density at radius 3 is 2.38 bits per heavy atom. The van der Waals surface area contributed by atoms with Gasteiger partial charge in [0, 0.05) is 0 Å². The molecule has 0 bridgehead atoms. The number of hydrogen-bond donors (Lipinski definition) is 1. The van der Waals surface area contributed by atoms with Crippen molar-refractivity contribution >= 4 is 55.8 Å². The molecule has 0 aromatic heterocycles. The number of ether oxygens (including phenoxy) is 3. The van der Waals surface area contributed by atoms with E-state index >= 15 is 0 Å². The summed E-state index contributed by atoms with van der Waals surface area (Å²) in [5.41, 5.74) is 1.56. The number of imide groups is 2. The van der Waals surface area contributed by atoms with Crippen molar-refractivity contribution < 1.29 is 33.0 Å². The minimum Gasteiger partial charge on any atom is -0.493 e. The zero-order chi connectivity index (χ0) is 28.8. The summed E-state index contributed by atoms with van der Waals surface area (Å²) in [6.07, 6.45) is 2.22. The standard InChI is InChI=1S/C29H25Br2FN2O6/c1-3-9-39-24-8-7-17(14-25(24)38-2)15-34-28(36)21(27(35)33-29(34)37)11-19-12-22(30)26(23(31)13-19)40-16-18-5-4-6-20(32)10-18/h4-8,10-14H,3,9,15-16H2,1-2H3,(H,33,35,37)/b21-11+. The fraction of sp³-hybridized carbons (Fsp3) is 0.207. The Labute approximate surface area is 247 Å². The SMILES string of the molecule is CCCOc1ccc(CN2C(=O)NC(=O)/C(=C\c3cc(Br)c(OCc4cccc(F)c4)c(Br)c3)C2=O)cc1OC. The van der Waals surface area contributed by atoms with Gasteiger partial charge in [0.2, 0.25) is 0 Å². The van der Waals surface area contributed by atoms with E-state index in [0.717, 1.165) is 11.3 Å². The molecule has 40 heavy (non-hydrogen) atoms. The first-order chi connectivity index (χ1) is 19.2. The molecule has 0 atom stereocenters. The highest BCUT2D eigenvalue weighted by Gasteiger charge is 2.36. The van der Waals surface area contributed by atoms with Gasteiger partial charge < -0.3 is 14.2 Å². The number of halogens is 3. The van der Waals surface area contributed by atoms with Crippen LogP contribution in [0, 0.1) is 5.82 Å². The van der Waals surface area contributed by atoms with Gasteiger partial charge in [-0.15, -0.1) is 0 Å². The van der Waals surface area contributed by atoms with E-state index in [1.807, 2.05) is 6.92 Å². The van der Waals surface area contributed by atoms with Gasteiger partial charge in [0.25, 0.3) is 11.8 Å². The van der Waals surface area contributed by atoms with E-state index in [1.54, 1.807) is 42.5 Å². The lowest BCUT2D eigenvalue weighted by atomic mass is 10.1. The van der Waals surface area contributed by atoms with Crippen LogP contribution in [-0.2, 0) is 22.7 Å². The second kappa shape index (κ2) is 13.1. The van der Waals surface area contributed by atoms with Crippen LogP contribution in [0.1, 0.15) is 30.0 Å². The average molecular weight is 676 g/mol. The third kappa shape index (κ3) is 6.89. The predicted octanol–water partition coefficient (Wildman–Crippen LogP) is 6.39. The zero-order valence-electron chi connectivity index (χ0n) is 21.6. The maximum absolute atomic E-state index is 13.5. The van der Waals surface area contributed by atoms with Crippen molar-refractivity contribution in [3.63, 3.8) is 0 Å². The van der Waals surface area contributed by atoms with E-state index in [9.17, 15) is 18.8 Å². The number of amides is 4. The summed E-state index contributed by atoms with van der Waals surface area (Å²) in [5, 5.41) is 2.23. The van der Waals surface area contributed by atoms with Gasteiger partial charge in [-0.2, -0.15) is 0 Å². The van der Waals surface area contributed by atoms with Gasteiger partial charge >= 0.3 is 6.03 Å². The Kier molecular flexibility index (Phi) is 9.59. The molecule has 4 rings (SSSR count). The summed E-state index contributed by atoms with van der Waals surface area (Å²) < 4.78 is 31.5. The van der Waals surface area contributed by atoms with Crippen LogP contribution < -0.4 is 19.5 Å². The Bertz CT molecular complexity index is 1470. The topological polar surface area (TPSA) is 94.2 Å². The van der Waals surface area contributed by atoms with Gasteiger partial charge in [-0.05, 0) is 97.4 Å². The Balaban J connectivity index is 1.54. The van der Waals surface area contributed by atoms with Gasteiger partial charge in [0.1, 0.15) is 23.7 Å². The van der Waals surface area contributed by atoms with Crippen LogP contribution in [0.2, 0.25) is 0 Å². The predicted molar refractivity (Wildman–Crippen MR) is 153 cm³/mol. The summed E-state index contributed by atoms with van der Waals surface area (Å²) in [6, 6.07) is 13.7. The van der Waals surface area contributed by atoms with Gasteiger partial charge in [0.05, 0.1) is 29.2 Å². The van der Waals surface area contributed by atoms with Crippen LogP contribution >= 0.6 is 31.9 Å². The third-order valence-corrected chi connectivity index (χ3v) is 7.00. The van der Waals surface area contributed by atoms with Crippen molar-refractivity contribution in [2.24, 2.45) is 0 Å². The second-order valence-electron chi connectivity index (χ2n) is 8.77. The van der Waals surface area contributed by atoms with Crippen LogP contribution in [-0.4, -0.2) is 36.5 Å². The van der Waals surface area contributed by atoms with E-state index in [1.165, 1.54) is 25.3 Å². The molecule has 8 nitrogen and oxygen atoms in total. The summed E-state index contributed by atoms with van der Waals surface area (Å²) in [4.78, 5) is 39.4. The molecule has 0 saturated carbocycles. The number of barbiturate groups is 1. The highest BCUT2D eigenvalue weighted by molar-refractivity contribution is 9.11. The molecule has 0 spiro atoms. The zero-order valence-corrected chi connectivity index (χ0v) is 24.8. The van der Waals surface area contributed by atoms with Gasteiger partial charge in [-0.1, -0.05) is 25.1 Å². The van der Waals surface area contributed by atoms with E-state index in [0.29, 0.717) is 49.5 Å². The fourth-order valence-corrected chi connectivity index (χ4v) is 5.36. The Morgan fingerprint density at radius 1 is 0.950 bits per heavy atom. The number of nitrogens with one attached hydrogen (secondary N) is 1. The number of methoxy groups -OCH3 is 1. The first-order valence-electron chi connectivity index (χ1n) is 12.2. The molecule has 4 amide bonds. The summed E-state index contributed by atoms with van der Waals surface area (Å²) >= 11 is 6.90. The second-order valence-corrected chi connectivity index (χ2v) is 10.5. The van der Waals surface area contributed by atoms with E-state index in [4.69, 9.17) is 14.2 Å². The van der Waals surface area contributed by atoms with Crippen molar-refractivity contribution in [3.05, 3.63) is 91.6 Å². The molecule has 1 N–H and O–H groups in total. The molecule has 0 unspecified atom stereocenters. The summed E-state index contributed by atoms with van der Waals surface area (Å²) in [7, 11) is 1.50. The first-order valence-corrected chi connectivity index (χ1v) is 13.8. The van der Waals surface area contributed by atoms with Crippen LogP contribution in [0.5, 0.6) is 17.2 Å². The number of nitrogens with zero attached hydrogens (tertiary/aromatic N) is 1. The molecule has 1 fully saturated rings. The maximum Gasteiger partial charge on any atom is 0.331 e. The van der Waals surface area contributed by atoms with Crippen LogP contribution in [0.4, 0.5) is 9.18 Å². The van der Waals surface area contributed by atoms with Crippen LogP contribution in [0.15, 0.2) is 69.1 Å². The lowest BCUT2D eigenvalue weighted by Crippen LogP contribution is -2.53. The van der Waals surface area contributed by atoms with Crippen molar-refractivity contribution in [2.75, 3.05) is 13.7 Å². The van der Waals surface area contributed by atoms with Crippen molar-refractivity contribution in [2.45, 2.75) is 26.5 Å². The summed E-state index contributed by atoms with van der Waals surface area (Å²) in [6.45, 7) is 2.55. The Morgan fingerprint density at radius 2 is 1.70 bits per heavy atom. The molecule has 1 saturated heterocycles. The highest BCUT2D eigenvalue weighted by atomic mass is 79.9. The monoisotopic (exact) mass is 674 g/mol. The number of urea groups is 1. The molecule has 0 aliphatic carbocycles. The number of hydrogen-bond acceptors (Lipinski definition) is 6. The lowest BCUT2D eigenvalue weighted by Gasteiger charge is -2.26. The molecule has 1 aliphatic rings. The number of rotatable bonds is 10. The average Bonchev–Trinajstić information content (AvgIpc) is 2.92. The molecule has 1 aliphatic heterocycles. The first kappa shape index (κ1) is 29.3. The molecular formula is C29H25Br2FN2O6. The fourth-order valence-electron chi connectivity index (χ4n) is 3.91. The van der Waals surface area contributed by atoms with E-state index in [-0.39, 0.29) is 24.5 Å². The third-order valence-electron chi connectivity index (χ3n) is 5.82. The van der Waals surface area contributed by atoms with Gasteiger partial charge in [0.15, 0.2) is 11.5 Å². The molecule has 1 heterocycles. The largest absolute Gasteiger partial charge is 0.493 e. The number of carbonyl (C=O) groups excluding carboxylic acids is 3. The lowest BCUT2D eigenvalue weighted by molar-refractivity contribution is -0.130. The molecular weight excluding hydrogens is 651 g/mol. The minimum atomic E-state index is -0.819. The smallest absolute Gasteiger partial charge is 0.331 e. The van der Waals surface area contributed by atoms with Crippen LogP contribution in [0.25, 0.3) is 6.08 Å². The van der Waals surface area contributed by atoms with E-state index < -0.39 is 17.8 Å². The normalized spacial score (nSPS) is 14.4. The quantitative estimate of drug-likeness (QED) is 0.198. The Hall–Kier alpha value is -3.70. The minimum absolute atomic E-state index is 0.0834. The van der Waals surface area contributed by atoms with Crippen molar-refractivity contribution in [3.8, 4) is 17.2 Å². The van der Waals surface area contributed by atoms with Crippen molar-refractivity contribution in [1.29, 1.82) is 0 Å². The van der Waals surface area contributed by atoms with Crippen LogP contribution in [0.3, 0.4) is 0 Å². The molecule has 11 heteroatoms. The molecule has 208 valence electrons. The van der Waals surface area contributed by atoms with E-state index in [2.05, 4.69) is 37.2 Å². The highest BCUT2D eigenvalue weighted by Crippen LogP contribution is 2.36. The number of carbonyl (C=O) groups is 3.